The molecule has 0 radical (unpaired) electrons. The summed E-state index contributed by atoms with van der Waals surface area (Å²) in [5, 5.41) is 20.5. The summed E-state index contributed by atoms with van der Waals surface area (Å²) in [4.78, 5) is 11.8. The zero-order valence-electron chi connectivity index (χ0n) is 14.7. The van der Waals surface area contributed by atoms with Crippen LogP contribution in [-0.2, 0) is 17.6 Å². The number of rotatable bonds is 12. The van der Waals surface area contributed by atoms with Gasteiger partial charge in [-0.05, 0) is 24.0 Å². The summed E-state index contributed by atoms with van der Waals surface area (Å²) < 4.78 is 0. The number of hydrogen-bond donors (Lipinski definition) is 3. The molecule has 0 aliphatic heterocycles. The predicted octanol–water partition coefficient (Wildman–Crippen LogP) is 3.02. The molecular formula is C19H32ClNO3. The van der Waals surface area contributed by atoms with E-state index in [9.17, 15) is 4.79 Å². The van der Waals surface area contributed by atoms with Crippen LogP contribution < -0.4 is 5.32 Å². The van der Waals surface area contributed by atoms with Gasteiger partial charge in [-0.15, -0.1) is 12.4 Å². The molecule has 5 heteroatoms. The highest BCUT2D eigenvalue weighted by atomic mass is 35.5. The molecule has 3 N–H and O–H groups in total. The summed E-state index contributed by atoms with van der Waals surface area (Å²) in [5.74, 6) is -0.179. The second-order valence-electron chi connectivity index (χ2n) is 6.14. The summed E-state index contributed by atoms with van der Waals surface area (Å²) in [6, 6.07) is 7.57. The molecule has 0 spiro atoms. The number of carbonyl (C=O) groups excluding carboxylic acids is 1. The van der Waals surface area contributed by atoms with Gasteiger partial charge in [-0.25, -0.2) is 0 Å². The fourth-order valence-electron chi connectivity index (χ4n) is 2.55. The number of aliphatic hydroxyl groups is 2. The fourth-order valence-corrected chi connectivity index (χ4v) is 2.55. The van der Waals surface area contributed by atoms with Crippen molar-refractivity contribution in [2.45, 2.75) is 64.3 Å². The summed E-state index contributed by atoms with van der Waals surface area (Å²) in [6.07, 6.45) is 9.16. The van der Waals surface area contributed by atoms with Gasteiger partial charge in [0.05, 0.1) is 25.7 Å². The topological polar surface area (TPSA) is 69.6 Å². The number of halogens is 1. The van der Waals surface area contributed by atoms with E-state index in [-0.39, 0.29) is 37.9 Å². The normalized spacial score (nSPS) is 10.5. The quantitative estimate of drug-likeness (QED) is 0.503. The van der Waals surface area contributed by atoms with Crippen LogP contribution in [0.4, 0.5) is 0 Å². The Bertz CT molecular complexity index is 433. The molecular weight excluding hydrogens is 326 g/mol. The Balaban J connectivity index is 0.00000529. The maximum Gasteiger partial charge on any atom is 0.224 e. The van der Waals surface area contributed by atoms with Crippen molar-refractivity contribution in [1.82, 2.24) is 5.32 Å². The van der Waals surface area contributed by atoms with E-state index in [1.165, 1.54) is 44.1 Å². The van der Waals surface area contributed by atoms with Crippen LogP contribution in [0.3, 0.4) is 0 Å². The van der Waals surface area contributed by atoms with Crippen LogP contribution in [-0.4, -0.2) is 35.4 Å². The molecule has 138 valence electrons. The molecule has 0 aliphatic carbocycles. The first kappa shape index (κ1) is 22.9. The second kappa shape index (κ2) is 14.3. The molecule has 0 aromatic heterocycles. The third-order valence-electron chi connectivity index (χ3n) is 4.01. The molecule has 1 aromatic carbocycles. The molecule has 0 saturated carbocycles. The summed E-state index contributed by atoms with van der Waals surface area (Å²) in [5.41, 5.74) is 2.26. The van der Waals surface area contributed by atoms with Crippen LogP contribution in [0.15, 0.2) is 24.3 Å². The first-order valence-corrected chi connectivity index (χ1v) is 8.78. The Labute approximate surface area is 152 Å². The van der Waals surface area contributed by atoms with E-state index in [1.807, 2.05) is 12.1 Å². The van der Waals surface area contributed by atoms with E-state index in [2.05, 4.69) is 24.4 Å². The van der Waals surface area contributed by atoms with Gasteiger partial charge in [-0.1, -0.05) is 63.3 Å². The number of nitrogens with one attached hydrogen (secondary N) is 1. The first-order chi connectivity index (χ1) is 11.2. The standard InChI is InChI=1S/C19H31NO3.ClH/c1-2-3-4-5-6-7-8-16-9-11-17(12-10-16)13-19(23)20-18(14-21)15-22;/h9-12,18,21-22H,2-8,13-15H2,1H3,(H,20,23);1H. The number of benzene rings is 1. The fraction of sp³-hybridized carbons (Fsp3) is 0.632. The van der Waals surface area contributed by atoms with Crippen LogP contribution >= 0.6 is 12.4 Å². The van der Waals surface area contributed by atoms with Crippen molar-refractivity contribution in [2.24, 2.45) is 0 Å². The molecule has 1 amide bonds. The lowest BCUT2D eigenvalue weighted by molar-refractivity contribution is -0.121. The highest BCUT2D eigenvalue weighted by Crippen LogP contribution is 2.11. The molecule has 0 atom stereocenters. The van der Waals surface area contributed by atoms with Gasteiger partial charge in [-0.2, -0.15) is 0 Å². The third-order valence-corrected chi connectivity index (χ3v) is 4.01. The maximum absolute atomic E-state index is 11.8. The summed E-state index contributed by atoms with van der Waals surface area (Å²) in [6.45, 7) is 1.73. The molecule has 1 aromatic rings. The van der Waals surface area contributed by atoms with Crippen molar-refractivity contribution in [3.8, 4) is 0 Å². The largest absolute Gasteiger partial charge is 0.394 e. The molecule has 0 aliphatic rings. The number of aryl methyl sites for hydroxylation is 1. The van der Waals surface area contributed by atoms with Crippen molar-refractivity contribution in [2.75, 3.05) is 13.2 Å². The van der Waals surface area contributed by atoms with Crippen LogP contribution in [0.25, 0.3) is 0 Å². The van der Waals surface area contributed by atoms with E-state index in [1.54, 1.807) is 0 Å². The molecule has 0 fully saturated rings. The lowest BCUT2D eigenvalue weighted by atomic mass is 10.0. The van der Waals surface area contributed by atoms with E-state index in [4.69, 9.17) is 10.2 Å². The minimum Gasteiger partial charge on any atom is -0.394 e. The molecule has 1 rings (SSSR count). The van der Waals surface area contributed by atoms with Gasteiger partial charge in [0.2, 0.25) is 5.91 Å². The Hall–Kier alpha value is -1.10. The zero-order chi connectivity index (χ0) is 16.9. The summed E-state index contributed by atoms with van der Waals surface area (Å²) >= 11 is 0. The lowest BCUT2D eigenvalue weighted by Crippen LogP contribution is -2.40. The average molecular weight is 358 g/mol. The van der Waals surface area contributed by atoms with Crippen molar-refractivity contribution < 1.29 is 15.0 Å². The molecule has 0 heterocycles. The van der Waals surface area contributed by atoms with Gasteiger partial charge in [0.15, 0.2) is 0 Å². The van der Waals surface area contributed by atoms with Crippen molar-refractivity contribution >= 4 is 18.3 Å². The SMILES string of the molecule is CCCCCCCCc1ccc(CC(=O)NC(CO)CO)cc1.Cl. The molecule has 0 saturated heterocycles. The predicted molar refractivity (Wildman–Crippen MR) is 101 cm³/mol. The van der Waals surface area contributed by atoms with Crippen molar-refractivity contribution in [3.05, 3.63) is 35.4 Å². The molecule has 4 nitrogen and oxygen atoms in total. The monoisotopic (exact) mass is 357 g/mol. The van der Waals surface area contributed by atoms with E-state index >= 15 is 0 Å². The van der Waals surface area contributed by atoms with E-state index in [0.717, 1.165) is 12.0 Å². The molecule has 0 unspecified atom stereocenters. The number of aliphatic hydroxyl groups excluding tert-OH is 2. The number of carbonyl (C=O) groups is 1. The number of unbranched alkanes of at least 4 members (excludes halogenated alkanes) is 5. The van der Waals surface area contributed by atoms with Gasteiger partial charge in [0, 0.05) is 0 Å². The van der Waals surface area contributed by atoms with E-state index in [0.29, 0.717) is 0 Å². The highest BCUT2D eigenvalue weighted by Gasteiger charge is 2.10. The van der Waals surface area contributed by atoms with Crippen LogP contribution in [0.1, 0.15) is 56.6 Å². The number of amides is 1. The minimum absolute atomic E-state index is 0. The van der Waals surface area contributed by atoms with Crippen molar-refractivity contribution in [1.29, 1.82) is 0 Å². The van der Waals surface area contributed by atoms with Crippen LogP contribution in [0.2, 0.25) is 0 Å². The Kier molecular flexibility index (Phi) is 13.6. The third kappa shape index (κ3) is 9.91. The first-order valence-electron chi connectivity index (χ1n) is 8.78. The van der Waals surface area contributed by atoms with Crippen LogP contribution in [0, 0.1) is 0 Å². The van der Waals surface area contributed by atoms with Crippen LogP contribution in [0.5, 0.6) is 0 Å². The Morgan fingerprint density at radius 2 is 1.50 bits per heavy atom. The zero-order valence-corrected chi connectivity index (χ0v) is 15.5. The second-order valence-corrected chi connectivity index (χ2v) is 6.14. The molecule has 24 heavy (non-hydrogen) atoms. The van der Waals surface area contributed by atoms with Gasteiger partial charge in [-0.3, -0.25) is 4.79 Å². The highest BCUT2D eigenvalue weighted by molar-refractivity contribution is 5.85. The van der Waals surface area contributed by atoms with Gasteiger partial charge in [0.25, 0.3) is 0 Å². The Morgan fingerprint density at radius 1 is 0.958 bits per heavy atom. The molecule has 0 bridgehead atoms. The Morgan fingerprint density at radius 3 is 2.08 bits per heavy atom. The average Bonchev–Trinajstić information content (AvgIpc) is 2.57. The summed E-state index contributed by atoms with van der Waals surface area (Å²) in [7, 11) is 0. The lowest BCUT2D eigenvalue weighted by Gasteiger charge is -2.13. The maximum atomic E-state index is 11.8. The van der Waals surface area contributed by atoms with Gasteiger partial charge in [0.1, 0.15) is 0 Å². The van der Waals surface area contributed by atoms with Gasteiger partial charge >= 0.3 is 0 Å². The minimum atomic E-state index is -0.575. The smallest absolute Gasteiger partial charge is 0.224 e. The van der Waals surface area contributed by atoms with Crippen molar-refractivity contribution in [3.63, 3.8) is 0 Å². The van der Waals surface area contributed by atoms with E-state index < -0.39 is 6.04 Å². The number of hydrogen-bond acceptors (Lipinski definition) is 3. The van der Waals surface area contributed by atoms with Gasteiger partial charge < -0.3 is 15.5 Å².